The molecular formula is C11H12Cl2N4O3. The number of hydrogen-bond donors (Lipinski definition) is 3. The van der Waals surface area contributed by atoms with Crippen molar-refractivity contribution in [1.29, 1.82) is 0 Å². The van der Waals surface area contributed by atoms with Crippen molar-refractivity contribution in [3.63, 3.8) is 0 Å². The van der Waals surface area contributed by atoms with Crippen LogP contribution in [-0.2, 0) is 9.59 Å². The van der Waals surface area contributed by atoms with Crippen LogP contribution in [0.15, 0.2) is 12.1 Å². The van der Waals surface area contributed by atoms with E-state index < -0.39 is 30.8 Å². The second-order valence-electron chi connectivity index (χ2n) is 3.96. The first-order valence-corrected chi connectivity index (χ1v) is 6.08. The third-order valence-electron chi connectivity index (χ3n) is 2.26. The van der Waals surface area contributed by atoms with Gasteiger partial charge in [0.25, 0.3) is 5.91 Å². The standard InChI is InChI=1S/C11H12Cl2N4O3/c12-7-2-5(14)1-6(10(7)13)11(20)17(3-8(15)18)4-9(16)19/h1-2H,3-4,14H2,(H2,15,18)(H2,16,19). The fourth-order valence-electron chi connectivity index (χ4n) is 1.51. The van der Waals surface area contributed by atoms with Gasteiger partial charge in [0, 0.05) is 5.69 Å². The van der Waals surface area contributed by atoms with Gasteiger partial charge in [-0.1, -0.05) is 23.2 Å². The van der Waals surface area contributed by atoms with Gasteiger partial charge in [-0.3, -0.25) is 14.4 Å². The SMILES string of the molecule is NC(=O)CN(CC(N)=O)C(=O)c1cc(N)cc(Cl)c1Cl. The smallest absolute Gasteiger partial charge is 0.256 e. The number of nitrogens with zero attached hydrogens (tertiary/aromatic N) is 1. The molecule has 0 heterocycles. The molecule has 108 valence electrons. The van der Waals surface area contributed by atoms with E-state index in [1.165, 1.54) is 12.1 Å². The summed E-state index contributed by atoms with van der Waals surface area (Å²) in [7, 11) is 0. The normalized spacial score (nSPS) is 10.1. The van der Waals surface area contributed by atoms with Gasteiger partial charge < -0.3 is 22.1 Å². The molecule has 20 heavy (non-hydrogen) atoms. The molecule has 1 aromatic carbocycles. The Morgan fingerprint density at radius 2 is 1.55 bits per heavy atom. The minimum absolute atomic E-state index is 0.0372. The molecule has 0 saturated heterocycles. The second kappa shape index (κ2) is 6.44. The van der Waals surface area contributed by atoms with E-state index in [0.29, 0.717) is 0 Å². The van der Waals surface area contributed by atoms with E-state index >= 15 is 0 Å². The van der Waals surface area contributed by atoms with E-state index in [2.05, 4.69) is 0 Å². The quantitative estimate of drug-likeness (QED) is 0.658. The van der Waals surface area contributed by atoms with Crippen LogP contribution in [0.4, 0.5) is 5.69 Å². The number of carbonyl (C=O) groups excluding carboxylic acids is 3. The largest absolute Gasteiger partial charge is 0.399 e. The zero-order chi connectivity index (χ0) is 15.4. The fourth-order valence-corrected chi connectivity index (χ4v) is 1.93. The molecule has 0 aromatic heterocycles. The lowest BCUT2D eigenvalue weighted by atomic mass is 10.1. The maximum Gasteiger partial charge on any atom is 0.256 e. The molecule has 9 heteroatoms. The van der Waals surface area contributed by atoms with Crippen LogP contribution in [0.25, 0.3) is 0 Å². The van der Waals surface area contributed by atoms with Crippen molar-refractivity contribution in [2.45, 2.75) is 0 Å². The van der Waals surface area contributed by atoms with Crippen molar-refractivity contribution in [3.05, 3.63) is 27.7 Å². The van der Waals surface area contributed by atoms with Crippen molar-refractivity contribution < 1.29 is 14.4 Å². The lowest BCUT2D eigenvalue weighted by Crippen LogP contribution is -2.43. The van der Waals surface area contributed by atoms with E-state index in [9.17, 15) is 14.4 Å². The maximum atomic E-state index is 12.3. The molecule has 1 aromatic rings. The first-order valence-electron chi connectivity index (χ1n) is 5.32. The molecule has 1 rings (SSSR count). The van der Waals surface area contributed by atoms with Gasteiger partial charge in [0.15, 0.2) is 0 Å². The van der Waals surface area contributed by atoms with E-state index in [-0.39, 0.29) is 21.3 Å². The van der Waals surface area contributed by atoms with Crippen LogP contribution in [0, 0.1) is 0 Å². The third-order valence-corrected chi connectivity index (χ3v) is 3.06. The third kappa shape index (κ3) is 4.01. The van der Waals surface area contributed by atoms with Crippen LogP contribution in [0.2, 0.25) is 10.0 Å². The molecule has 7 nitrogen and oxygen atoms in total. The molecule has 0 aliphatic rings. The van der Waals surface area contributed by atoms with Gasteiger partial charge >= 0.3 is 0 Å². The summed E-state index contributed by atoms with van der Waals surface area (Å²) in [5, 5.41) is 0.0397. The Morgan fingerprint density at radius 1 is 1.05 bits per heavy atom. The zero-order valence-electron chi connectivity index (χ0n) is 10.2. The van der Waals surface area contributed by atoms with Crippen LogP contribution in [0.3, 0.4) is 0 Å². The summed E-state index contributed by atoms with van der Waals surface area (Å²) in [4.78, 5) is 35.0. The Bertz CT molecular complexity index is 561. The summed E-state index contributed by atoms with van der Waals surface area (Å²) >= 11 is 11.7. The van der Waals surface area contributed by atoms with Crippen molar-refractivity contribution in [2.75, 3.05) is 18.8 Å². The zero-order valence-corrected chi connectivity index (χ0v) is 11.7. The number of primary amides is 2. The lowest BCUT2D eigenvalue weighted by Gasteiger charge is -2.20. The van der Waals surface area contributed by atoms with Crippen molar-refractivity contribution in [3.8, 4) is 0 Å². The van der Waals surface area contributed by atoms with Crippen molar-refractivity contribution in [1.82, 2.24) is 4.90 Å². The number of amides is 3. The summed E-state index contributed by atoms with van der Waals surface area (Å²) in [6.07, 6.45) is 0. The number of anilines is 1. The van der Waals surface area contributed by atoms with Gasteiger partial charge in [-0.15, -0.1) is 0 Å². The molecule has 0 unspecified atom stereocenters. The Morgan fingerprint density at radius 3 is 2.00 bits per heavy atom. The Kier molecular flexibility index (Phi) is 5.18. The molecule has 0 aliphatic heterocycles. The number of halogens is 2. The lowest BCUT2D eigenvalue weighted by molar-refractivity contribution is -0.121. The number of hydrogen-bond acceptors (Lipinski definition) is 4. The van der Waals surface area contributed by atoms with E-state index in [1.54, 1.807) is 0 Å². The first kappa shape index (κ1) is 16.1. The summed E-state index contributed by atoms with van der Waals surface area (Å²) in [6, 6.07) is 2.65. The van der Waals surface area contributed by atoms with E-state index in [1.807, 2.05) is 0 Å². The predicted molar refractivity (Wildman–Crippen MR) is 75.2 cm³/mol. The molecule has 0 radical (unpaired) electrons. The number of benzene rings is 1. The Hall–Kier alpha value is -1.99. The molecule has 0 saturated carbocycles. The molecular weight excluding hydrogens is 307 g/mol. The molecule has 0 aliphatic carbocycles. The van der Waals surface area contributed by atoms with E-state index in [4.69, 9.17) is 40.4 Å². The van der Waals surface area contributed by atoms with Crippen LogP contribution >= 0.6 is 23.2 Å². The highest BCUT2D eigenvalue weighted by molar-refractivity contribution is 6.44. The molecule has 6 N–H and O–H groups in total. The molecule has 0 bridgehead atoms. The second-order valence-corrected chi connectivity index (χ2v) is 4.74. The molecule has 0 atom stereocenters. The van der Waals surface area contributed by atoms with Gasteiger partial charge in [0.05, 0.1) is 15.6 Å². The Balaban J connectivity index is 3.17. The summed E-state index contributed by atoms with van der Waals surface area (Å²) in [6.45, 7) is -0.963. The maximum absolute atomic E-state index is 12.3. The van der Waals surface area contributed by atoms with Crippen LogP contribution in [0.1, 0.15) is 10.4 Å². The predicted octanol–water partition coefficient (Wildman–Crippen LogP) is -0.0116. The van der Waals surface area contributed by atoms with Crippen LogP contribution in [0.5, 0.6) is 0 Å². The molecule has 0 fully saturated rings. The average Bonchev–Trinajstić information content (AvgIpc) is 2.30. The number of rotatable bonds is 5. The van der Waals surface area contributed by atoms with Crippen LogP contribution < -0.4 is 17.2 Å². The average molecular weight is 319 g/mol. The summed E-state index contributed by atoms with van der Waals surface area (Å²) in [5.41, 5.74) is 15.8. The van der Waals surface area contributed by atoms with Gasteiger partial charge in [0.1, 0.15) is 13.1 Å². The van der Waals surface area contributed by atoms with Crippen molar-refractivity contribution in [2.24, 2.45) is 11.5 Å². The van der Waals surface area contributed by atoms with Gasteiger partial charge in [-0.05, 0) is 12.1 Å². The molecule has 3 amide bonds. The fraction of sp³-hybridized carbons (Fsp3) is 0.182. The van der Waals surface area contributed by atoms with Crippen molar-refractivity contribution >= 4 is 46.6 Å². The first-order chi connectivity index (χ1) is 9.22. The highest BCUT2D eigenvalue weighted by Crippen LogP contribution is 2.29. The van der Waals surface area contributed by atoms with Crippen LogP contribution in [-0.4, -0.2) is 35.7 Å². The summed E-state index contributed by atoms with van der Waals surface area (Å²) in [5.74, 6) is -2.32. The number of carbonyl (C=O) groups is 3. The minimum atomic E-state index is -0.800. The van der Waals surface area contributed by atoms with Gasteiger partial charge in [0.2, 0.25) is 11.8 Å². The number of nitrogen functional groups attached to an aromatic ring is 1. The van der Waals surface area contributed by atoms with Gasteiger partial charge in [-0.25, -0.2) is 0 Å². The minimum Gasteiger partial charge on any atom is -0.399 e. The molecule has 0 spiro atoms. The summed E-state index contributed by atoms with van der Waals surface area (Å²) < 4.78 is 0. The van der Waals surface area contributed by atoms with E-state index in [0.717, 1.165) is 4.90 Å². The Labute approximate surface area is 124 Å². The highest BCUT2D eigenvalue weighted by atomic mass is 35.5. The van der Waals surface area contributed by atoms with Gasteiger partial charge in [-0.2, -0.15) is 0 Å². The topological polar surface area (TPSA) is 133 Å². The highest BCUT2D eigenvalue weighted by Gasteiger charge is 2.23. The number of nitrogens with two attached hydrogens (primary N) is 3. The monoisotopic (exact) mass is 318 g/mol.